The number of halogens is 1. The van der Waals surface area contributed by atoms with E-state index in [1.54, 1.807) is 12.3 Å². The number of hydrogen-bond acceptors (Lipinski definition) is 4. The molecule has 0 atom stereocenters. The number of pyridine rings is 1. The summed E-state index contributed by atoms with van der Waals surface area (Å²) in [4.78, 5) is 27.8. The van der Waals surface area contributed by atoms with Crippen molar-refractivity contribution in [2.45, 2.75) is 0 Å². The summed E-state index contributed by atoms with van der Waals surface area (Å²) in [5.74, 6) is -1.68. The third-order valence-corrected chi connectivity index (χ3v) is 3.52. The zero-order valence-electron chi connectivity index (χ0n) is 13.7. The number of rotatable bonds is 5. The minimum atomic E-state index is -0.660. The largest absolute Gasteiger partial charge is 0.452 e. The SMILES string of the molecule is O=C(COC(=O)/C=C/c1cccc2cccnc12)Nc1cccc(F)c1. The zero-order valence-corrected chi connectivity index (χ0v) is 13.7. The van der Waals surface area contributed by atoms with Crippen molar-refractivity contribution >= 4 is 34.5 Å². The summed E-state index contributed by atoms with van der Waals surface area (Å²) in [6.07, 6.45) is 4.50. The lowest BCUT2D eigenvalue weighted by Gasteiger charge is -2.05. The molecule has 5 nitrogen and oxygen atoms in total. The smallest absolute Gasteiger partial charge is 0.331 e. The van der Waals surface area contributed by atoms with Crippen LogP contribution in [0.3, 0.4) is 0 Å². The molecule has 0 aliphatic carbocycles. The lowest BCUT2D eigenvalue weighted by Crippen LogP contribution is -2.20. The number of ether oxygens (including phenoxy) is 1. The van der Waals surface area contributed by atoms with Crippen LogP contribution in [0.15, 0.2) is 66.9 Å². The number of esters is 1. The Labute approximate surface area is 149 Å². The minimum absolute atomic E-state index is 0.295. The fraction of sp³-hybridized carbons (Fsp3) is 0.0500. The van der Waals surface area contributed by atoms with Crippen LogP contribution in [-0.4, -0.2) is 23.5 Å². The Morgan fingerprint density at radius 2 is 1.92 bits per heavy atom. The van der Waals surface area contributed by atoms with E-state index in [2.05, 4.69) is 10.3 Å². The van der Waals surface area contributed by atoms with Gasteiger partial charge in [-0.2, -0.15) is 0 Å². The van der Waals surface area contributed by atoms with Crippen molar-refractivity contribution < 1.29 is 18.7 Å². The van der Waals surface area contributed by atoms with Crippen molar-refractivity contribution in [3.05, 3.63) is 78.3 Å². The molecule has 2 aromatic carbocycles. The Kier molecular flexibility index (Phi) is 5.34. The molecule has 1 N–H and O–H groups in total. The predicted molar refractivity (Wildman–Crippen MR) is 96.8 cm³/mol. The van der Waals surface area contributed by atoms with Crippen molar-refractivity contribution in [3.63, 3.8) is 0 Å². The molecule has 0 saturated carbocycles. The molecule has 0 spiro atoms. The highest BCUT2D eigenvalue weighted by molar-refractivity contribution is 5.96. The van der Waals surface area contributed by atoms with E-state index in [0.717, 1.165) is 16.5 Å². The standard InChI is InChI=1S/C20H15FN2O3/c21-16-7-2-8-17(12-16)23-18(24)13-26-19(25)10-9-15-5-1-4-14-6-3-11-22-20(14)15/h1-12H,13H2,(H,23,24)/b10-9+. The van der Waals surface area contributed by atoms with Crippen LogP contribution in [0.5, 0.6) is 0 Å². The van der Waals surface area contributed by atoms with Gasteiger partial charge in [0.25, 0.3) is 5.91 Å². The second-order valence-corrected chi connectivity index (χ2v) is 5.42. The summed E-state index contributed by atoms with van der Waals surface area (Å²) < 4.78 is 17.9. The molecular formula is C20H15FN2O3. The third-order valence-electron chi connectivity index (χ3n) is 3.52. The molecule has 130 valence electrons. The summed E-state index contributed by atoms with van der Waals surface area (Å²) in [6, 6.07) is 14.8. The van der Waals surface area contributed by atoms with Gasteiger partial charge >= 0.3 is 5.97 Å². The molecule has 3 aromatic rings. The number of para-hydroxylation sites is 1. The lowest BCUT2D eigenvalue weighted by molar-refractivity contribution is -0.142. The van der Waals surface area contributed by atoms with Gasteiger partial charge in [-0.1, -0.05) is 30.3 Å². The number of amides is 1. The van der Waals surface area contributed by atoms with Crippen LogP contribution in [0, 0.1) is 5.82 Å². The first-order valence-corrected chi connectivity index (χ1v) is 7.86. The first-order chi connectivity index (χ1) is 12.6. The maximum Gasteiger partial charge on any atom is 0.331 e. The van der Waals surface area contributed by atoms with Crippen LogP contribution in [0.2, 0.25) is 0 Å². The number of carbonyl (C=O) groups is 2. The van der Waals surface area contributed by atoms with E-state index in [9.17, 15) is 14.0 Å². The highest BCUT2D eigenvalue weighted by atomic mass is 19.1. The van der Waals surface area contributed by atoms with E-state index >= 15 is 0 Å². The Balaban J connectivity index is 1.56. The predicted octanol–water partition coefficient (Wildman–Crippen LogP) is 3.57. The van der Waals surface area contributed by atoms with E-state index in [0.29, 0.717) is 5.69 Å². The van der Waals surface area contributed by atoms with Crippen molar-refractivity contribution in [1.82, 2.24) is 4.98 Å². The monoisotopic (exact) mass is 350 g/mol. The van der Waals surface area contributed by atoms with Gasteiger partial charge in [0, 0.05) is 28.9 Å². The van der Waals surface area contributed by atoms with Gasteiger partial charge in [-0.15, -0.1) is 0 Å². The molecular weight excluding hydrogens is 335 g/mol. The summed E-state index contributed by atoms with van der Waals surface area (Å²) >= 11 is 0. The van der Waals surface area contributed by atoms with Crippen LogP contribution >= 0.6 is 0 Å². The molecule has 3 rings (SSSR count). The van der Waals surface area contributed by atoms with Crippen molar-refractivity contribution in [2.75, 3.05) is 11.9 Å². The number of aromatic nitrogens is 1. The Hall–Kier alpha value is -3.54. The molecule has 0 aliphatic rings. The molecule has 1 aromatic heterocycles. The average molecular weight is 350 g/mol. The molecule has 0 saturated heterocycles. The number of nitrogens with one attached hydrogen (secondary N) is 1. The molecule has 0 aliphatic heterocycles. The normalized spacial score (nSPS) is 10.8. The van der Waals surface area contributed by atoms with Crippen LogP contribution in [0.4, 0.5) is 10.1 Å². The van der Waals surface area contributed by atoms with Crippen molar-refractivity contribution in [2.24, 2.45) is 0 Å². The van der Waals surface area contributed by atoms with E-state index in [1.165, 1.54) is 30.3 Å². The molecule has 6 heteroatoms. The van der Waals surface area contributed by atoms with E-state index < -0.39 is 24.3 Å². The first-order valence-electron chi connectivity index (χ1n) is 7.86. The van der Waals surface area contributed by atoms with Gasteiger partial charge < -0.3 is 10.1 Å². The fourth-order valence-electron chi connectivity index (χ4n) is 2.37. The van der Waals surface area contributed by atoms with E-state index in [4.69, 9.17) is 4.74 Å². The summed E-state index contributed by atoms with van der Waals surface area (Å²) in [5, 5.41) is 3.40. The maximum absolute atomic E-state index is 13.1. The Morgan fingerprint density at radius 1 is 1.12 bits per heavy atom. The molecule has 0 bridgehead atoms. The quantitative estimate of drug-likeness (QED) is 0.564. The Morgan fingerprint density at radius 3 is 2.77 bits per heavy atom. The van der Waals surface area contributed by atoms with Gasteiger partial charge in [0.2, 0.25) is 0 Å². The molecule has 26 heavy (non-hydrogen) atoms. The van der Waals surface area contributed by atoms with Crippen LogP contribution in [-0.2, 0) is 14.3 Å². The van der Waals surface area contributed by atoms with Gasteiger partial charge in [-0.05, 0) is 30.3 Å². The van der Waals surface area contributed by atoms with Crippen molar-refractivity contribution in [3.8, 4) is 0 Å². The van der Waals surface area contributed by atoms with Crippen LogP contribution in [0.1, 0.15) is 5.56 Å². The zero-order chi connectivity index (χ0) is 18.4. The van der Waals surface area contributed by atoms with E-state index in [-0.39, 0.29) is 0 Å². The summed E-state index contributed by atoms with van der Waals surface area (Å²) in [7, 11) is 0. The molecule has 1 heterocycles. The summed E-state index contributed by atoms with van der Waals surface area (Å²) in [6.45, 7) is -0.465. The lowest BCUT2D eigenvalue weighted by atomic mass is 10.1. The minimum Gasteiger partial charge on any atom is -0.452 e. The topological polar surface area (TPSA) is 68.3 Å². The number of anilines is 1. The molecule has 1 amide bonds. The highest BCUT2D eigenvalue weighted by Crippen LogP contribution is 2.17. The van der Waals surface area contributed by atoms with Gasteiger partial charge in [-0.3, -0.25) is 9.78 Å². The second-order valence-electron chi connectivity index (χ2n) is 5.42. The molecule has 0 fully saturated rings. The number of hydrogen-bond donors (Lipinski definition) is 1. The number of fused-ring (bicyclic) bond motifs is 1. The van der Waals surface area contributed by atoms with Gasteiger partial charge in [0.05, 0.1) is 5.52 Å². The second kappa shape index (κ2) is 8.02. The average Bonchev–Trinajstić information content (AvgIpc) is 2.64. The fourth-order valence-corrected chi connectivity index (χ4v) is 2.37. The third kappa shape index (κ3) is 4.51. The van der Waals surface area contributed by atoms with Gasteiger partial charge in [0.15, 0.2) is 6.61 Å². The molecule has 0 unspecified atom stereocenters. The number of nitrogens with zero attached hydrogens (tertiary/aromatic N) is 1. The highest BCUT2D eigenvalue weighted by Gasteiger charge is 2.06. The number of carbonyl (C=O) groups excluding carboxylic acids is 2. The number of benzene rings is 2. The van der Waals surface area contributed by atoms with Crippen molar-refractivity contribution in [1.29, 1.82) is 0 Å². The van der Waals surface area contributed by atoms with Crippen LogP contribution in [0.25, 0.3) is 17.0 Å². The maximum atomic E-state index is 13.1. The van der Waals surface area contributed by atoms with Gasteiger partial charge in [0.1, 0.15) is 5.82 Å². The van der Waals surface area contributed by atoms with Crippen LogP contribution < -0.4 is 5.32 Å². The first kappa shape index (κ1) is 17.3. The Bertz CT molecular complexity index is 980. The molecule has 0 radical (unpaired) electrons. The van der Waals surface area contributed by atoms with E-state index in [1.807, 2.05) is 30.3 Å². The van der Waals surface area contributed by atoms with Gasteiger partial charge in [-0.25, -0.2) is 9.18 Å². The summed E-state index contributed by atoms with van der Waals surface area (Å²) in [5.41, 5.74) is 1.83.